The van der Waals surface area contributed by atoms with Crippen LogP contribution in [0.1, 0.15) is 81.8 Å². The van der Waals surface area contributed by atoms with Crippen molar-refractivity contribution < 1.29 is 47.5 Å². The number of carbonyl (C=O) groups excluding carboxylic acids is 2. The lowest BCUT2D eigenvalue weighted by atomic mass is 9.79. The predicted octanol–water partition coefficient (Wildman–Crippen LogP) is 10.5. The van der Waals surface area contributed by atoms with Gasteiger partial charge in [-0.3, -0.25) is 49.3 Å². The number of hydrogen-bond acceptors (Lipinski definition) is 18. The van der Waals surface area contributed by atoms with Gasteiger partial charge >= 0.3 is 12.1 Å². The maximum Gasteiger partial charge on any atom is 0.325 e. The first-order valence-corrected chi connectivity index (χ1v) is 38.3. The Bertz CT molecular complexity index is 3590. The molecule has 6 aliphatic rings. The van der Waals surface area contributed by atoms with E-state index in [0.29, 0.717) is 102 Å². The number of amides is 4. The molecule has 10 heterocycles. The van der Waals surface area contributed by atoms with Gasteiger partial charge in [0.2, 0.25) is 0 Å². The first-order valence-electron chi connectivity index (χ1n) is 38.3. The van der Waals surface area contributed by atoms with Crippen molar-refractivity contribution in [1.82, 2.24) is 59.1 Å². The summed E-state index contributed by atoms with van der Waals surface area (Å²) in [4.78, 5) is 69.5. The molecule has 0 spiro atoms. The van der Waals surface area contributed by atoms with Crippen LogP contribution in [-0.2, 0) is 82.1 Å². The Hall–Kier alpha value is -9.10. The second-order valence-electron chi connectivity index (χ2n) is 27.9. The summed E-state index contributed by atoms with van der Waals surface area (Å²) in [6, 6.07) is 52.0. The average molecular weight is 1440 g/mol. The van der Waals surface area contributed by atoms with Crippen LogP contribution in [0, 0.1) is 0 Å². The lowest BCUT2D eigenvalue weighted by Gasteiger charge is -2.49. The van der Waals surface area contributed by atoms with Crippen molar-refractivity contribution in [3.8, 4) is 23.0 Å². The van der Waals surface area contributed by atoms with Gasteiger partial charge < -0.3 is 47.7 Å². The Kier molecular flexibility index (Phi) is 25.7. The summed E-state index contributed by atoms with van der Waals surface area (Å²) in [6.07, 6.45) is 15.1. The zero-order valence-corrected chi connectivity index (χ0v) is 61.2. The third-order valence-electron chi connectivity index (χ3n) is 21.5. The highest BCUT2D eigenvalue weighted by atomic mass is 16.5. The van der Waals surface area contributed by atoms with Gasteiger partial charge in [0.25, 0.3) is 0 Å². The largest absolute Gasteiger partial charge is 0.491 e. The number of carbonyl (C=O) groups is 2. The highest BCUT2D eigenvalue weighted by Crippen LogP contribution is 2.66. The molecule has 0 N–H and O–H groups in total. The van der Waals surface area contributed by atoms with E-state index >= 15 is 9.59 Å². The van der Waals surface area contributed by atoms with Crippen molar-refractivity contribution in [2.75, 3.05) is 158 Å². The molecule has 22 heteroatoms. The summed E-state index contributed by atoms with van der Waals surface area (Å²) in [5, 5.41) is 0. The molecule has 0 saturated carbocycles. The van der Waals surface area contributed by atoms with E-state index in [4.69, 9.17) is 37.9 Å². The molecule has 6 aliphatic heterocycles. The number of urea groups is 2. The van der Waals surface area contributed by atoms with Gasteiger partial charge in [-0.2, -0.15) is 0 Å². The monoisotopic (exact) mass is 1440 g/mol. The van der Waals surface area contributed by atoms with E-state index in [0.717, 1.165) is 160 Å². The number of rotatable bonds is 24. The molecule has 0 unspecified atom stereocenters. The van der Waals surface area contributed by atoms with Crippen molar-refractivity contribution in [2.45, 2.75) is 88.9 Å². The molecule has 4 aromatic heterocycles. The highest BCUT2D eigenvalue weighted by Gasteiger charge is 2.81. The van der Waals surface area contributed by atoms with E-state index in [1.807, 2.05) is 129 Å². The molecule has 22 nitrogen and oxygen atoms in total. The molecule has 14 rings (SSSR count). The molecule has 2 saturated heterocycles. The van der Waals surface area contributed by atoms with Gasteiger partial charge in [0.05, 0.1) is 79.0 Å². The summed E-state index contributed by atoms with van der Waals surface area (Å²) in [7, 11) is 0. The van der Waals surface area contributed by atoms with Gasteiger partial charge in [-0.25, -0.2) is 9.59 Å². The van der Waals surface area contributed by atoms with Crippen LogP contribution in [0.5, 0.6) is 23.0 Å². The minimum absolute atomic E-state index is 0.0811. The Morgan fingerprint density at radius 1 is 0.311 bits per heavy atom. The van der Waals surface area contributed by atoms with Crippen molar-refractivity contribution in [3.63, 3.8) is 0 Å². The van der Waals surface area contributed by atoms with E-state index in [1.54, 1.807) is 0 Å². The van der Waals surface area contributed by atoms with Crippen molar-refractivity contribution in [1.29, 1.82) is 0 Å². The third-order valence-corrected chi connectivity index (χ3v) is 21.5. The lowest BCUT2D eigenvalue weighted by Crippen LogP contribution is -2.62. The van der Waals surface area contributed by atoms with Crippen LogP contribution >= 0.6 is 0 Å². The van der Waals surface area contributed by atoms with Gasteiger partial charge in [0.15, 0.2) is 11.3 Å². The Labute approximate surface area is 624 Å². The molecule has 4 amide bonds. The van der Waals surface area contributed by atoms with E-state index in [2.05, 4.69) is 112 Å². The first-order chi connectivity index (χ1) is 52.4. The van der Waals surface area contributed by atoms with Crippen LogP contribution in [0.25, 0.3) is 0 Å². The average Bonchev–Trinajstić information content (AvgIpc) is 1.47. The summed E-state index contributed by atoms with van der Waals surface area (Å²) >= 11 is 0. The summed E-state index contributed by atoms with van der Waals surface area (Å²) < 4.78 is 53.4. The van der Waals surface area contributed by atoms with Crippen LogP contribution in [0.15, 0.2) is 183 Å². The van der Waals surface area contributed by atoms with Gasteiger partial charge in [-0.15, -0.1) is 0 Å². The maximum absolute atomic E-state index is 16.7. The number of ether oxygens (including phenoxy) is 8. The quantitative estimate of drug-likeness (QED) is 0.0520. The number of nitrogens with zero attached hydrogens (tertiary/aromatic N) is 12. The summed E-state index contributed by atoms with van der Waals surface area (Å²) in [6.45, 7) is 14.8. The molecule has 2 fully saturated rings. The smallest absolute Gasteiger partial charge is 0.325 e. The van der Waals surface area contributed by atoms with E-state index in [-0.39, 0.29) is 64.7 Å². The molecule has 8 bridgehead atoms. The van der Waals surface area contributed by atoms with E-state index in [9.17, 15) is 0 Å². The van der Waals surface area contributed by atoms with Crippen molar-refractivity contribution in [3.05, 3.63) is 239 Å². The Morgan fingerprint density at radius 3 is 0.868 bits per heavy atom. The van der Waals surface area contributed by atoms with Crippen molar-refractivity contribution in [2.24, 2.45) is 0 Å². The molecule has 0 aliphatic carbocycles. The number of unbranched alkanes of at least 4 members (excludes halogenated alkanes) is 2. The molecular weight excluding hydrogens is 1340 g/mol. The highest BCUT2D eigenvalue weighted by molar-refractivity contribution is 5.91. The molecule has 558 valence electrons. The molecule has 8 aromatic rings. The minimum Gasteiger partial charge on any atom is -0.491 e. The van der Waals surface area contributed by atoms with E-state index < -0.39 is 11.3 Å². The Morgan fingerprint density at radius 2 is 0.594 bits per heavy atom. The SMILES string of the molecule is O=C1N2Cc3c4ccc5c3CN3C(=O)N6Cc7c(ccc(c7CN1C6(c1ccccc1)C23c1ccccc1)OCCOCCN(CCCCN(CCc1ccccn1)CCc1ccccn1)CCOCCO4)OCCOCCN(CCCCN(CCc1ccccn1)CCc1ccccn1)CCOCCO5. The van der Waals surface area contributed by atoms with Crippen LogP contribution < -0.4 is 18.9 Å². The van der Waals surface area contributed by atoms with Crippen LogP contribution in [-0.4, -0.2) is 229 Å². The molecular formula is C84H102N12O10. The van der Waals surface area contributed by atoms with Crippen LogP contribution in [0.4, 0.5) is 9.59 Å². The maximum atomic E-state index is 16.7. The second-order valence-corrected chi connectivity index (χ2v) is 27.9. The minimum atomic E-state index is -1.46. The van der Waals surface area contributed by atoms with Gasteiger partial charge in [0.1, 0.15) is 49.4 Å². The number of pyridine rings is 4. The molecule has 0 radical (unpaired) electrons. The predicted molar refractivity (Wildman–Crippen MR) is 403 cm³/mol. The number of hydrogen-bond donors (Lipinski definition) is 0. The van der Waals surface area contributed by atoms with Gasteiger partial charge in [-0.1, -0.05) is 84.9 Å². The fourth-order valence-corrected chi connectivity index (χ4v) is 16.1. The fraction of sp³-hybridized carbons (Fsp3) is 0.452. The van der Waals surface area contributed by atoms with Crippen LogP contribution in [0.3, 0.4) is 0 Å². The molecule has 0 atom stereocenters. The molecule has 106 heavy (non-hydrogen) atoms. The zero-order valence-electron chi connectivity index (χ0n) is 61.2. The standard InChI is InChI=1S/C84H102N12O10/c97-81-93-63-73-74-64-94-82(98)96-66-76-75(65-95(81)84(96,68-21-5-2-6-22-68)83(93,94)67-19-3-1-4-20-67)79-29-30-80(76)106-62-58-102-54-50-92(42-18-16-40-90(45-33-71-25-9-13-37-87-71)46-34-72-26-10-14-38-88-72)48-52-100-56-60-104-78(74)28-27-77(73)103-59-55-99-51-47-91(49-53-101-57-61-105-79)41-17-15-39-89(43-31-69-23-7-11-35-85-69)44-32-70-24-8-12-36-86-70/h1-14,19-30,35-38H,15-18,31-34,39-66H2. The molecule has 4 aromatic carbocycles. The normalized spacial score (nSPS) is 20.0. The number of aromatic nitrogens is 4. The third kappa shape index (κ3) is 17.3. The topological polar surface area (TPSA) is 185 Å². The van der Waals surface area contributed by atoms with E-state index in [1.165, 1.54) is 0 Å². The number of benzene rings is 4. The second kappa shape index (κ2) is 36.9. The first kappa shape index (κ1) is 73.8. The fourth-order valence-electron chi connectivity index (χ4n) is 16.1. The van der Waals surface area contributed by atoms with Gasteiger partial charge in [-0.05, 0) is 125 Å². The van der Waals surface area contributed by atoms with Crippen LogP contribution in [0.2, 0.25) is 0 Å². The summed E-state index contributed by atoms with van der Waals surface area (Å²) in [5.74, 6) is 2.35. The van der Waals surface area contributed by atoms with Crippen molar-refractivity contribution >= 4 is 12.1 Å². The lowest BCUT2D eigenvalue weighted by molar-refractivity contribution is -0.0796. The zero-order chi connectivity index (χ0) is 72.0. The summed E-state index contributed by atoms with van der Waals surface area (Å²) in [5.41, 5.74) is 6.07. The van der Waals surface area contributed by atoms with Gasteiger partial charge in [0, 0.05) is 159 Å². The Balaban J connectivity index is 0.736.